The third kappa shape index (κ3) is 6.68. The van der Waals surface area contributed by atoms with Gasteiger partial charge in [-0.15, -0.1) is 0 Å². The summed E-state index contributed by atoms with van der Waals surface area (Å²) in [6.07, 6.45) is 3.03. The summed E-state index contributed by atoms with van der Waals surface area (Å²) in [6, 6.07) is 1.82. The molecule has 0 unspecified atom stereocenters. The summed E-state index contributed by atoms with van der Waals surface area (Å²) >= 11 is 0. The second-order valence-electron chi connectivity index (χ2n) is 4.42. The van der Waals surface area contributed by atoms with Crippen LogP contribution in [0.25, 0.3) is 0 Å². The molecule has 1 heterocycles. The molecule has 114 valence electrons. The highest BCUT2D eigenvalue weighted by Gasteiger charge is 2.05. The van der Waals surface area contributed by atoms with Crippen LogP contribution in [0.5, 0.6) is 5.88 Å². The van der Waals surface area contributed by atoms with E-state index in [0.29, 0.717) is 24.9 Å². The maximum atomic E-state index is 5.63. The second-order valence-corrected chi connectivity index (χ2v) is 4.42. The van der Waals surface area contributed by atoms with Crippen molar-refractivity contribution >= 4 is 5.82 Å². The molecule has 6 heteroatoms. The zero-order valence-electron chi connectivity index (χ0n) is 12.6. The van der Waals surface area contributed by atoms with E-state index in [1.807, 2.05) is 6.07 Å². The largest absolute Gasteiger partial charge is 0.478 e. The number of ether oxygens (including phenoxy) is 3. The minimum absolute atomic E-state index is 0.373. The molecular weight excluding hydrogens is 258 g/mol. The molecule has 0 saturated heterocycles. The number of hydrogen-bond donors (Lipinski definition) is 1. The summed E-state index contributed by atoms with van der Waals surface area (Å²) in [4.78, 5) is 8.70. The number of aromatic nitrogens is 2. The summed E-state index contributed by atoms with van der Waals surface area (Å²) in [5, 5.41) is 3.24. The van der Waals surface area contributed by atoms with E-state index in [9.17, 15) is 0 Å². The lowest BCUT2D eigenvalue weighted by Gasteiger charge is -2.10. The van der Waals surface area contributed by atoms with Crippen molar-refractivity contribution in [3.8, 4) is 5.88 Å². The quantitative estimate of drug-likeness (QED) is 0.628. The van der Waals surface area contributed by atoms with Crippen LogP contribution in [0.1, 0.15) is 32.0 Å². The number of nitrogens with zero attached hydrogens (tertiary/aromatic N) is 2. The summed E-state index contributed by atoms with van der Waals surface area (Å²) in [5.41, 5.74) is 0. The molecule has 1 aromatic heterocycles. The monoisotopic (exact) mass is 283 g/mol. The fourth-order valence-corrected chi connectivity index (χ4v) is 1.58. The number of unbranched alkanes of at least 4 members (excludes halogenated alkanes) is 1. The molecule has 6 nitrogen and oxygen atoms in total. The average Bonchev–Trinajstić information content (AvgIpc) is 2.44. The van der Waals surface area contributed by atoms with E-state index in [0.717, 1.165) is 38.2 Å². The van der Waals surface area contributed by atoms with Crippen LogP contribution in [0.4, 0.5) is 5.82 Å². The van der Waals surface area contributed by atoms with Crippen molar-refractivity contribution < 1.29 is 14.2 Å². The van der Waals surface area contributed by atoms with Crippen molar-refractivity contribution in [3.05, 3.63) is 11.9 Å². The van der Waals surface area contributed by atoms with E-state index in [2.05, 4.69) is 22.2 Å². The van der Waals surface area contributed by atoms with Gasteiger partial charge in [0.15, 0.2) is 5.82 Å². The van der Waals surface area contributed by atoms with Gasteiger partial charge < -0.3 is 19.5 Å². The fourth-order valence-electron chi connectivity index (χ4n) is 1.58. The van der Waals surface area contributed by atoms with Crippen molar-refractivity contribution in [1.29, 1.82) is 0 Å². The minimum atomic E-state index is 0.373. The van der Waals surface area contributed by atoms with Gasteiger partial charge in [0.05, 0.1) is 6.61 Å². The van der Waals surface area contributed by atoms with Gasteiger partial charge in [-0.05, 0) is 12.8 Å². The third-order valence-corrected chi connectivity index (χ3v) is 2.60. The molecule has 0 fully saturated rings. The molecule has 0 spiro atoms. The van der Waals surface area contributed by atoms with Gasteiger partial charge in [-0.3, -0.25) is 0 Å². The van der Waals surface area contributed by atoms with E-state index >= 15 is 0 Å². The van der Waals surface area contributed by atoms with E-state index < -0.39 is 0 Å². The molecule has 0 aliphatic carbocycles. The van der Waals surface area contributed by atoms with E-state index in [1.165, 1.54) is 0 Å². The van der Waals surface area contributed by atoms with Crippen molar-refractivity contribution in [2.75, 3.05) is 39.3 Å². The lowest BCUT2D eigenvalue weighted by atomic mass is 10.4. The highest BCUT2D eigenvalue weighted by Crippen LogP contribution is 2.14. The first-order valence-electron chi connectivity index (χ1n) is 7.02. The lowest BCUT2D eigenvalue weighted by molar-refractivity contribution is 0.176. The molecule has 0 aromatic carbocycles. The summed E-state index contributed by atoms with van der Waals surface area (Å²) in [6.45, 7) is 4.69. The van der Waals surface area contributed by atoms with Crippen LogP contribution in [-0.2, 0) is 16.1 Å². The molecule has 0 amide bonds. The smallest absolute Gasteiger partial charge is 0.218 e. The Morgan fingerprint density at radius 1 is 1.10 bits per heavy atom. The van der Waals surface area contributed by atoms with E-state index in [-0.39, 0.29) is 0 Å². The van der Waals surface area contributed by atoms with Crippen molar-refractivity contribution in [2.24, 2.45) is 0 Å². The van der Waals surface area contributed by atoms with E-state index in [4.69, 9.17) is 14.2 Å². The topological polar surface area (TPSA) is 65.5 Å². The first kappa shape index (κ1) is 16.7. The van der Waals surface area contributed by atoms with Crippen LogP contribution in [0.2, 0.25) is 0 Å². The van der Waals surface area contributed by atoms with Gasteiger partial charge in [-0.1, -0.05) is 13.3 Å². The van der Waals surface area contributed by atoms with Gasteiger partial charge in [0, 0.05) is 33.4 Å². The van der Waals surface area contributed by atoms with E-state index in [1.54, 1.807) is 14.2 Å². The summed E-state index contributed by atoms with van der Waals surface area (Å²) < 4.78 is 15.7. The normalized spacial score (nSPS) is 10.6. The summed E-state index contributed by atoms with van der Waals surface area (Å²) in [5.74, 6) is 1.97. The predicted octanol–water partition coefficient (Wildman–Crippen LogP) is 2.25. The molecule has 1 aromatic rings. The van der Waals surface area contributed by atoms with Crippen LogP contribution in [-0.4, -0.2) is 43.9 Å². The second kappa shape index (κ2) is 10.4. The zero-order chi connectivity index (χ0) is 14.6. The first-order valence-corrected chi connectivity index (χ1v) is 7.02. The van der Waals surface area contributed by atoms with Crippen LogP contribution in [0.15, 0.2) is 6.07 Å². The Kier molecular flexibility index (Phi) is 8.66. The molecule has 0 bridgehead atoms. The number of hydrogen-bond acceptors (Lipinski definition) is 6. The van der Waals surface area contributed by atoms with Crippen LogP contribution in [0.3, 0.4) is 0 Å². The first-order chi connectivity index (χ1) is 9.80. The number of rotatable bonds is 11. The number of anilines is 1. The Morgan fingerprint density at radius 2 is 1.95 bits per heavy atom. The Labute approximate surface area is 120 Å². The number of methoxy groups -OCH3 is 2. The summed E-state index contributed by atoms with van der Waals surface area (Å²) in [7, 11) is 3.32. The molecule has 0 radical (unpaired) electrons. The Balaban J connectivity index is 2.60. The SMILES string of the molecule is CCCCOc1cc(NCCCOC)nc(COC)n1. The third-order valence-electron chi connectivity index (χ3n) is 2.60. The molecule has 0 aliphatic heterocycles. The van der Waals surface area contributed by atoms with Gasteiger partial charge in [-0.25, -0.2) is 4.98 Å². The molecular formula is C14H25N3O3. The molecule has 1 rings (SSSR count). The van der Waals surface area contributed by atoms with Gasteiger partial charge >= 0.3 is 0 Å². The molecule has 20 heavy (non-hydrogen) atoms. The molecule has 1 N–H and O–H groups in total. The van der Waals surface area contributed by atoms with Crippen LogP contribution >= 0.6 is 0 Å². The van der Waals surface area contributed by atoms with Gasteiger partial charge in [-0.2, -0.15) is 4.98 Å². The maximum absolute atomic E-state index is 5.63. The van der Waals surface area contributed by atoms with Crippen LogP contribution < -0.4 is 10.1 Å². The van der Waals surface area contributed by atoms with Crippen molar-refractivity contribution in [1.82, 2.24) is 9.97 Å². The highest BCUT2D eigenvalue weighted by atomic mass is 16.5. The van der Waals surface area contributed by atoms with Gasteiger partial charge in [0.1, 0.15) is 12.4 Å². The minimum Gasteiger partial charge on any atom is -0.478 e. The van der Waals surface area contributed by atoms with Crippen molar-refractivity contribution in [3.63, 3.8) is 0 Å². The molecule has 0 aliphatic rings. The standard InChI is InChI=1S/C14H25N3O3/c1-4-5-9-20-14-10-12(15-7-6-8-18-2)16-13(17-14)11-19-3/h10H,4-9,11H2,1-3H3,(H,15,16,17). The maximum Gasteiger partial charge on any atom is 0.218 e. The Morgan fingerprint density at radius 3 is 2.65 bits per heavy atom. The average molecular weight is 283 g/mol. The molecule has 0 saturated carbocycles. The Bertz CT molecular complexity index is 375. The Hall–Kier alpha value is -1.40. The number of nitrogens with one attached hydrogen (secondary N) is 1. The van der Waals surface area contributed by atoms with Gasteiger partial charge in [0.2, 0.25) is 5.88 Å². The van der Waals surface area contributed by atoms with Crippen molar-refractivity contribution in [2.45, 2.75) is 32.8 Å². The predicted molar refractivity (Wildman–Crippen MR) is 78.1 cm³/mol. The fraction of sp³-hybridized carbons (Fsp3) is 0.714. The van der Waals surface area contributed by atoms with Gasteiger partial charge in [0.25, 0.3) is 0 Å². The zero-order valence-corrected chi connectivity index (χ0v) is 12.6. The molecule has 0 atom stereocenters. The van der Waals surface area contributed by atoms with Crippen LogP contribution in [0, 0.1) is 0 Å². The lowest BCUT2D eigenvalue weighted by Crippen LogP contribution is -2.10. The highest BCUT2D eigenvalue weighted by molar-refractivity contribution is 5.38.